The molecule has 0 spiro atoms. The molecule has 8 heavy (non-hydrogen) atoms. The Morgan fingerprint density at radius 1 is 1.00 bits per heavy atom. The smallest absolute Gasteiger partial charge is 1.00 e. The van der Waals surface area contributed by atoms with E-state index in [0.717, 1.165) is 0 Å². The Morgan fingerprint density at radius 2 is 1.00 bits per heavy atom. The molecule has 0 atom stereocenters. The molecular formula is H2CaCl2O4S. The molecule has 0 fully saturated rings. The summed E-state index contributed by atoms with van der Waals surface area (Å²) in [6, 6.07) is 0. The second kappa shape index (κ2) is 8.71. The van der Waals surface area contributed by atoms with Crippen LogP contribution in [-0.4, -0.2) is 55.3 Å². The maximum absolute atomic E-state index is 8.74. The topological polar surface area (TPSA) is 74.6 Å². The molecule has 0 aliphatic heterocycles. The van der Waals surface area contributed by atoms with Gasteiger partial charge in [0, 0.05) is 0 Å². The van der Waals surface area contributed by atoms with Crippen molar-refractivity contribution >= 4 is 48.1 Å². The van der Waals surface area contributed by atoms with Crippen molar-refractivity contribution in [3.63, 3.8) is 0 Å². The van der Waals surface area contributed by atoms with Crippen molar-refractivity contribution in [1.82, 2.24) is 0 Å². The van der Waals surface area contributed by atoms with Crippen molar-refractivity contribution in [1.29, 1.82) is 0 Å². The standard InChI is InChI=1S/Ca.2ClH.H2O4S/c;;;1-5(2,3)4/h;2*1H;(H2,1,2,3,4)/q+2;;;/p-2. The molecule has 0 rings (SSSR count). The summed E-state index contributed by atoms with van der Waals surface area (Å²) < 4.78 is 31.6. The van der Waals surface area contributed by atoms with Gasteiger partial charge in [-0.05, 0) is 0 Å². The molecule has 48 valence electrons. The van der Waals surface area contributed by atoms with E-state index in [-0.39, 0.29) is 62.6 Å². The minimum atomic E-state index is -4.67. The van der Waals surface area contributed by atoms with Crippen molar-refractivity contribution < 1.29 is 42.3 Å². The second-order valence-electron chi connectivity index (χ2n) is 0.448. The number of hydrogen-bond acceptors (Lipinski definition) is 2. The van der Waals surface area contributed by atoms with Crippen LogP contribution in [-0.2, 0) is 10.4 Å². The summed E-state index contributed by atoms with van der Waals surface area (Å²) in [7, 11) is -4.67. The fraction of sp³-hybridized carbons (Fsp3) is 0. The quantitative estimate of drug-likeness (QED) is 0.307. The molecule has 0 aliphatic rings. The predicted octanol–water partition coefficient (Wildman–Crippen LogP) is -7.03. The molecule has 0 heterocycles. The first-order valence-electron chi connectivity index (χ1n) is 0.698. The Hall–Kier alpha value is 1.71. The Labute approximate surface area is 89.4 Å². The van der Waals surface area contributed by atoms with Crippen LogP contribution in [0.4, 0.5) is 0 Å². The summed E-state index contributed by atoms with van der Waals surface area (Å²) in [4.78, 5) is 0. The average molecular weight is 209 g/mol. The third-order valence-electron chi connectivity index (χ3n) is 0. The maximum Gasteiger partial charge on any atom is 2.00 e. The predicted molar refractivity (Wildman–Crippen MR) is 19.9 cm³/mol. The van der Waals surface area contributed by atoms with Gasteiger partial charge >= 0.3 is 48.1 Å². The molecule has 0 aromatic rings. The van der Waals surface area contributed by atoms with Crippen molar-refractivity contribution in [2.75, 3.05) is 0 Å². The van der Waals surface area contributed by atoms with E-state index >= 15 is 0 Å². The molecule has 0 amide bonds. The van der Waals surface area contributed by atoms with Crippen LogP contribution in [0.15, 0.2) is 0 Å². The first kappa shape index (κ1) is 22.6. The van der Waals surface area contributed by atoms with Crippen LogP contribution in [0.1, 0.15) is 0 Å². The van der Waals surface area contributed by atoms with Crippen molar-refractivity contribution in [3.8, 4) is 0 Å². The van der Waals surface area contributed by atoms with Gasteiger partial charge in [0.25, 0.3) is 0 Å². The van der Waals surface area contributed by atoms with Gasteiger partial charge in [0.05, 0.1) is 0 Å². The van der Waals surface area contributed by atoms with Gasteiger partial charge in [-0.25, -0.2) is 0 Å². The van der Waals surface area contributed by atoms with Crippen LogP contribution >= 0.6 is 0 Å². The molecular weight excluding hydrogens is 207 g/mol. The summed E-state index contributed by atoms with van der Waals surface area (Å²) in [5.74, 6) is 0. The molecule has 0 saturated carbocycles. The number of rotatable bonds is 0. The summed E-state index contributed by atoms with van der Waals surface area (Å²) in [6.07, 6.45) is 0. The van der Waals surface area contributed by atoms with Crippen LogP contribution in [0.2, 0.25) is 0 Å². The summed E-state index contributed by atoms with van der Waals surface area (Å²) in [6.45, 7) is 0. The Morgan fingerprint density at radius 3 is 1.00 bits per heavy atom. The Balaban J connectivity index is -0.0000000267. The zero-order chi connectivity index (χ0) is 4.50. The average Bonchev–Trinajstić information content (AvgIpc) is 0.722. The monoisotopic (exact) mass is 208 g/mol. The molecule has 0 aromatic carbocycles. The third kappa shape index (κ3) is 119. The van der Waals surface area contributed by atoms with Crippen LogP contribution < -0.4 is 24.8 Å². The third-order valence-corrected chi connectivity index (χ3v) is 0. The van der Waals surface area contributed by atoms with Crippen LogP contribution in [0.5, 0.6) is 0 Å². The Kier molecular flexibility index (Phi) is 24.6. The van der Waals surface area contributed by atoms with E-state index in [2.05, 4.69) is 0 Å². The van der Waals surface area contributed by atoms with E-state index in [1.165, 1.54) is 0 Å². The molecule has 0 radical (unpaired) electrons. The zero-order valence-electron chi connectivity index (χ0n) is 3.58. The fourth-order valence-electron chi connectivity index (χ4n) is 0. The van der Waals surface area contributed by atoms with E-state index in [9.17, 15) is 0 Å². The normalized spacial score (nSPS) is 7.25. The Bertz CT molecular complexity index is 97.2. The van der Waals surface area contributed by atoms with Crippen molar-refractivity contribution in [2.45, 2.75) is 0 Å². The molecule has 2 N–H and O–H groups in total. The molecule has 0 bridgehead atoms. The van der Waals surface area contributed by atoms with Crippen molar-refractivity contribution in [3.05, 3.63) is 0 Å². The van der Waals surface area contributed by atoms with Gasteiger partial charge in [-0.1, -0.05) is 0 Å². The summed E-state index contributed by atoms with van der Waals surface area (Å²) >= 11 is 0. The zero-order valence-corrected chi connectivity index (χ0v) is 8.12. The van der Waals surface area contributed by atoms with E-state index in [1.54, 1.807) is 0 Å². The van der Waals surface area contributed by atoms with Gasteiger partial charge in [0.2, 0.25) is 0 Å². The fourth-order valence-corrected chi connectivity index (χ4v) is 0. The van der Waals surface area contributed by atoms with Gasteiger partial charge in [0.1, 0.15) is 0 Å². The van der Waals surface area contributed by atoms with Gasteiger partial charge in [-0.15, -0.1) is 0 Å². The first-order valence-corrected chi connectivity index (χ1v) is 2.10. The van der Waals surface area contributed by atoms with Gasteiger partial charge in [-0.3, -0.25) is 9.11 Å². The molecule has 0 aliphatic carbocycles. The summed E-state index contributed by atoms with van der Waals surface area (Å²) in [5.41, 5.74) is 0. The SMILES string of the molecule is O=S(=O)(O)O.[Ca+2].[Cl-].[Cl-]. The van der Waals surface area contributed by atoms with Gasteiger partial charge < -0.3 is 24.8 Å². The molecule has 4 nitrogen and oxygen atoms in total. The van der Waals surface area contributed by atoms with E-state index in [1.807, 2.05) is 0 Å². The van der Waals surface area contributed by atoms with E-state index < -0.39 is 10.4 Å². The van der Waals surface area contributed by atoms with E-state index in [4.69, 9.17) is 17.5 Å². The second-order valence-corrected chi connectivity index (χ2v) is 1.34. The number of halogens is 2. The summed E-state index contributed by atoms with van der Waals surface area (Å²) in [5, 5.41) is 0. The van der Waals surface area contributed by atoms with Crippen LogP contribution in [0.3, 0.4) is 0 Å². The van der Waals surface area contributed by atoms with Gasteiger partial charge in [-0.2, -0.15) is 8.42 Å². The minimum Gasteiger partial charge on any atom is -1.00 e. The van der Waals surface area contributed by atoms with E-state index in [0.29, 0.717) is 0 Å². The molecule has 0 saturated heterocycles. The number of hydrogen-bond donors (Lipinski definition) is 2. The van der Waals surface area contributed by atoms with Gasteiger partial charge in [0.15, 0.2) is 0 Å². The maximum atomic E-state index is 8.74. The first-order chi connectivity index (χ1) is 2.00. The largest absolute Gasteiger partial charge is 2.00 e. The van der Waals surface area contributed by atoms with Crippen LogP contribution in [0.25, 0.3) is 0 Å². The molecule has 8 heteroatoms. The van der Waals surface area contributed by atoms with Crippen molar-refractivity contribution in [2.24, 2.45) is 0 Å². The molecule has 0 aromatic heterocycles. The minimum absolute atomic E-state index is 0. The van der Waals surface area contributed by atoms with Crippen LogP contribution in [0, 0.1) is 0 Å². The molecule has 0 unspecified atom stereocenters.